The predicted molar refractivity (Wildman–Crippen MR) is 154 cm³/mol. The van der Waals surface area contributed by atoms with Crippen LogP contribution in [-0.2, 0) is 4.74 Å². The van der Waals surface area contributed by atoms with Crippen molar-refractivity contribution in [2.45, 2.75) is 19.3 Å². The number of nitrogens with one attached hydrogen (secondary N) is 1. The molecule has 1 aliphatic rings. The molecular formula is C32H36N4O3. The zero-order valence-corrected chi connectivity index (χ0v) is 22.5. The van der Waals surface area contributed by atoms with Crippen molar-refractivity contribution < 1.29 is 14.1 Å². The summed E-state index contributed by atoms with van der Waals surface area (Å²) in [5.74, 6) is 0.754. The molecule has 1 fully saturated rings. The van der Waals surface area contributed by atoms with E-state index in [2.05, 4.69) is 63.9 Å². The number of carbonyl (C=O) groups is 1. The first-order valence-corrected chi connectivity index (χ1v) is 13.7. The van der Waals surface area contributed by atoms with Crippen LogP contribution >= 0.6 is 0 Å². The number of nitrogens with zero attached hydrogens (tertiary/aromatic N) is 3. The average molecular weight is 525 g/mol. The van der Waals surface area contributed by atoms with E-state index in [-0.39, 0.29) is 11.9 Å². The molecule has 1 aliphatic heterocycles. The topological polar surface area (TPSA) is 70.8 Å². The van der Waals surface area contributed by atoms with Gasteiger partial charge < -0.3 is 19.5 Å². The van der Waals surface area contributed by atoms with E-state index in [0.29, 0.717) is 30.2 Å². The molecule has 5 rings (SSSR count). The van der Waals surface area contributed by atoms with Crippen LogP contribution in [0.25, 0.3) is 11.3 Å². The van der Waals surface area contributed by atoms with Crippen LogP contribution < -0.4 is 5.32 Å². The van der Waals surface area contributed by atoms with Gasteiger partial charge in [0.1, 0.15) is 11.4 Å². The first-order chi connectivity index (χ1) is 19.2. The minimum Gasteiger partial charge on any atom is -0.379 e. The van der Waals surface area contributed by atoms with Crippen molar-refractivity contribution in [1.82, 2.24) is 15.0 Å². The van der Waals surface area contributed by atoms with Gasteiger partial charge in [0.2, 0.25) is 0 Å². The molecular weight excluding hydrogens is 488 g/mol. The van der Waals surface area contributed by atoms with Crippen molar-refractivity contribution in [2.75, 3.05) is 51.3 Å². The zero-order valence-electron chi connectivity index (χ0n) is 22.5. The molecule has 0 aliphatic carbocycles. The Morgan fingerprint density at radius 1 is 0.897 bits per heavy atom. The Balaban J connectivity index is 1.36. The first kappa shape index (κ1) is 26.7. The highest BCUT2D eigenvalue weighted by molar-refractivity contribution is 5.94. The van der Waals surface area contributed by atoms with E-state index in [1.165, 1.54) is 11.1 Å². The second kappa shape index (κ2) is 13.2. The molecule has 1 N–H and O–H groups in total. The van der Waals surface area contributed by atoms with Crippen LogP contribution in [0.15, 0.2) is 95.5 Å². The average Bonchev–Trinajstić information content (AvgIpc) is 3.36. The highest BCUT2D eigenvalue weighted by Crippen LogP contribution is 2.32. The number of hydrogen-bond donors (Lipinski definition) is 1. The Morgan fingerprint density at radius 2 is 1.49 bits per heavy atom. The lowest BCUT2D eigenvalue weighted by atomic mass is 9.88. The van der Waals surface area contributed by atoms with Gasteiger partial charge in [0.15, 0.2) is 5.76 Å². The van der Waals surface area contributed by atoms with E-state index < -0.39 is 0 Å². The van der Waals surface area contributed by atoms with Gasteiger partial charge in [0, 0.05) is 44.2 Å². The summed E-state index contributed by atoms with van der Waals surface area (Å²) in [5, 5.41) is 7.28. The third-order valence-electron chi connectivity index (χ3n) is 7.30. The Kier molecular flexibility index (Phi) is 9.04. The lowest BCUT2D eigenvalue weighted by molar-refractivity contribution is 0.0351. The highest BCUT2D eigenvalue weighted by Gasteiger charge is 2.23. The number of aryl methyl sites for hydroxylation is 1. The number of carbonyl (C=O) groups excluding carboxylic acids is 1. The van der Waals surface area contributed by atoms with E-state index in [1.54, 1.807) is 0 Å². The van der Waals surface area contributed by atoms with Crippen molar-refractivity contribution in [3.8, 4) is 11.3 Å². The third-order valence-corrected chi connectivity index (χ3v) is 7.30. The van der Waals surface area contributed by atoms with Crippen LogP contribution in [0.4, 0.5) is 10.5 Å². The second-order valence-corrected chi connectivity index (χ2v) is 9.87. The summed E-state index contributed by atoms with van der Waals surface area (Å²) in [6.07, 6.45) is 0.804. The fraction of sp³-hybridized carbons (Fsp3) is 0.312. The molecule has 1 saturated heterocycles. The molecule has 0 unspecified atom stereocenters. The van der Waals surface area contributed by atoms with E-state index in [4.69, 9.17) is 9.26 Å². The Labute approximate surface area is 230 Å². The molecule has 0 radical (unpaired) electrons. The normalized spacial score (nSPS) is 13.9. The fourth-order valence-corrected chi connectivity index (χ4v) is 5.07. The maximum absolute atomic E-state index is 13.8. The molecule has 7 nitrogen and oxygen atoms in total. The van der Waals surface area contributed by atoms with Crippen LogP contribution in [0.1, 0.15) is 29.2 Å². The van der Waals surface area contributed by atoms with Crippen LogP contribution in [-0.4, -0.2) is 66.9 Å². The maximum atomic E-state index is 13.8. The Hall–Kier alpha value is -3.94. The van der Waals surface area contributed by atoms with E-state index in [1.807, 2.05) is 54.3 Å². The molecule has 2 amide bonds. The van der Waals surface area contributed by atoms with Crippen molar-refractivity contribution in [2.24, 2.45) is 0 Å². The summed E-state index contributed by atoms with van der Waals surface area (Å²) in [7, 11) is 0. The quantitative estimate of drug-likeness (QED) is 0.274. The maximum Gasteiger partial charge on any atom is 0.322 e. The van der Waals surface area contributed by atoms with Crippen LogP contribution in [0.3, 0.4) is 0 Å². The van der Waals surface area contributed by atoms with Crippen LogP contribution in [0.2, 0.25) is 0 Å². The molecule has 1 aromatic heterocycles. The molecule has 0 saturated carbocycles. The number of hydrogen-bond acceptors (Lipinski definition) is 5. The van der Waals surface area contributed by atoms with Gasteiger partial charge in [-0.25, -0.2) is 4.79 Å². The first-order valence-electron chi connectivity index (χ1n) is 13.7. The molecule has 2 heterocycles. The van der Waals surface area contributed by atoms with E-state index in [0.717, 1.165) is 44.8 Å². The van der Waals surface area contributed by atoms with Gasteiger partial charge in [-0.05, 0) is 24.5 Å². The largest absolute Gasteiger partial charge is 0.379 e. The monoisotopic (exact) mass is 524 g/mol. The lowest BCUT2D eigenvalue weighted by Gasteiger charge is -2.31. The van der Waals surface area contributed by atoms with Gasteiger partial charge in [-0.1, -0.05) is 96.2 Å². The number of urea groups is 1. The second-order valence-electron chi connectivity index (χ2n) is 9.87. The summed E-state index contributed by atoms with van der Waals surface area (Å²) >= 11 is 0. The highest BCUT2D eigenvalue weighted by atomic mass is 16.5. The van der Waals surface area contributed by atoms with Crippen LogP contribution in [0.5, 0.6) is 0 Å². The van der Waals surface area contributed by atoms with Crippen molar-refractivity contribution in [1.29, 1.82) is 0 Å². The zero-order chi connectivity index (χ0) is 26.9. The number of ether oxygens (including phenoxy) is 1. The van der Waals surface area contributed by atoms with Crippen molar-refractivity contribution in [3.63, 3.8) is 0 Å². The molecule has 202 valence electrons. The number of benzene rings is 3. The summed E-state index contributed by atoms with van der Waals surface area (Å²) in [6.45, 7) is 7.11. The number of rotatable bonds is 10. The van der Waals surface area contributed by atoms with Gasteiger partial charge in [0.05, 0.1) is 13.2 Å². The molecule has 39 heavy (non-hydrogen) atoms. The number of aromatic nitrogens is 1. The standard InChI is InChI=1S/C32H36N4O3/c1-25-30(31(39-34-25)28-15-9-4-10-16-28)33-32(37)36(20-19-35-21-23-38-24-22-35)18-17-29(26-11-5-2-6-12-26)27-13-7-3-8-14-27/h2-16,29H,17-24H2,1H3,(H,33,37). The van der Waals surface area contributed by atoms with E-state index in [9.17, 15) is 4.79 Å². The van der Waals surface area contributed by atoms with Crippen molar-refractivity contribution in [3.05, 3.63) is 108 Å². The minimum absolute atomic E-state index is 0.147. The molecule has 4 aromatic rings. The third kappa shape index (κ3) is 6.93. The van der Waals surface area contributed by atoms with E-state index >= 15 is 0 Å². The number of anilines is 1. The molecule has 0 bridgehead atoms. The fourth-order valence-electron chi connectivity index (χ4n) is 5.07. The van der Waals surface area contributed by atoms with Crippen LogP contribution in [0, 0.1) is 6.92 Å². The minimum atomic E-state index is -0.147. The number of amides is 2. The number of morpholine rings is 1. The molecule has 3 aromatic carbocycles. The smallest absolute Gasteiger partial charge is 0.322 e. The summed E-state index contributed by atoms with van der Waals surface area (Å²) in [5.41, 5.74) is 4.64. The Bertz CT molecular complexity index is 1270. The summed E-state index contributed by atoms with van der Waals surface area (Å²) < 4.78 is 11.1. The summed E-state index contributed by atoms with van der Waals surface area (Å²) in [4.78, 5) is 18.1. The SMILES string of the molecule is Cc1noc(-c2ccccc2)c1NC(=O)N(CCC(c1ccccc1)c1ccccc1)CCN1CCOCC1. The molecule has 0 atom stereocenters. The van der Waals surface area contributed by atoms with Gasteiger partial charge in [0.25, 0.3) is 0 Å². The lowest BCUT2D eigenvalue weighted by Crippen LogP contribution is -2.44. The Morgan fingerprint density at radius 3 is 2.10 bits per heavy atom. The predicted octanol–water partition coefficient (Wildman–Crippen LogP) is 6.04. The van der Waals surface area contributed by atoms with Gasteiger partial charge in [-0.15, -0.1) is 0 Å². The van der Waals surface area contributed by atoms with Gasteiger partial charge in [-0.2, -0.15) is 0 Å². The molecule has 0 spiro atoms. The van der Waals surface area contributed by atoms with Gasteiger partial charge >= 0.3 is 6.03 Å². The summed E-state index contributed by atoms with van der Waals surface area (Å²) in [6, 6.07) is 30.7. The molecule has 7 heteroatoms. The van der Waals surface area contributed by atoms with Gasteiger partial charge in [-0.3, -0.25) is 4.90 Å². The van der Waals surface area contributed by atoms with Crippen molar-refractivity contribution >= 4 is 11.7 Å².